The van der Waals surface area contributed by atoms with E-state index in [1.165, 1.54) is 22.3 Å². The summed E-state index contributed by atoms with van der Waals surface area (Å²) in [6.07, 6.45) is 6.18. The van der Waals surface area contributed by atoms with Crippen LogP contribution in [0.3, 0.4) is 0 Å². The van der Waals surface area contributed by atoms with E-state index in [2.05, 4.69) is 144 Å². The smallest absolute Gasteiger partial charge is 0.0696 e. The lowest BCUT2D eigenvalue weighted by Crippen LogP contribution is -2.28. The topological polar surface area (TPSA) is 55.0 Å². The fraction of sp³-hybridized carbons (Fsp3) is 0. The first kappa shape index (κ1) is 25.2. The molecule has 1 aromatic heterocycles. The van der Waals surface area contributed by atoms with E-state index < -0.39 is 0 Å². The second-order valence-electron chi connectivity index (χ2n) is 10.4. The molecule has 0 saturated carbocycles. The number of aromatic nitrogens is 1. The van der Waals surface area contributed by atoms with Gasteiger partial charge in [-0.1, -0.05) is 115 Å². The molecule has 1 aliphatic heterocycles. The predicted molar refractivity (Wildman–Crippen MR) is 175 cm³/mol. The number of benzene rings is 5. The molecule has 5 aromatic carbocycles. The summed E-state index contributed by atoms with van der Waals surface area (Å²) in [5.74, 6) is 6.49. The van der Waals surface area contributed by atoms with E-state index in [0.29, 0.717) is 0 Å². The number of allylic oxidation sites excluding steroid dienone is 2. The van der Waals surface area contributed by atoms with Crippen molar-refractivity contribution >= 4 is 11.3 Å². The van der Waals surface area contributed by atoms with E-state index in [-0.39, 0.29) is 0 Å². The van der Waals surface area contributed by atoms with Crippen molar-refractivity contribution in [3.8, 4) is 44.6 Å². The summed E-state index contributed by atoms with van der Waals surface area (Å²) in [4.78, 5) is 0. The van der Waals surface area contributed by atoms with Gasteiger partial charge in [0.05, 0.1) is 11.4 Å². The zero-order chi connectivity index (χ0) is 28.3. The Morgan fingerprint density at radius 3 is 1.62 bits per heavy atom. The molecule has 4 heteroatoms. The molecule has 42 heavy (non-hydrogen) atoms. The summed E-state index contributed by atoms with van der Waals surface area (Å²) < 4.78 is 1.72. The molecule has 0 radical (unpaired) electrons. The van der Waals surface area contributed by atoms with Gasteiger partial charge in [-0.15, -0.1) is 0 Å². The molecule has 0 spiro atoms. The Kier molecular flexibility index (Phi) is 6.63. The second kappa shape index (κ2) is 11.0. The molecule has 0 amide bonds. The molecule has 6 aromatic rings. The number of rotatable bonds is 6. The van der Waals surface area contributed by atoms with Crippen LogP contribution in [0.25, 0.3) is 55.9 Å². The molecule has 2 heterocycles. The summed E-state index contributed by atoms with van der Waals surface area (Å²) in [5.41, 5.74) is 19.9. The monoisotopic (exact) mass is 542 g/mol. The van der Waals surface area contributed by atoms with Crippen molar-refractivity contribution in [3.05, 3.63) is 169 Å². The van der Waals surface area contributed by atoms with Gasteiger partial charge in [-0.3, -0.25) is 4.68 Å². The van der Waals surface area contributed by atoms with Crippen LogP contribution in [0.4, 0.5) is 0 Å². The van der Waals surface area contributed by atoms with Crippen LogP contribution in [0.5, 0.6) is 0 Å². The van der Waals surface area contributed by atoms with Crippen molar-refractivity contribution in [2.75, 3.05) is 5.84 Å². The molecule has 1 aliphatic rings. The largest absolute Gasteiger partial charge is 0.339 e. The van der Waals surface area contributed by atoms with E-state index in [0.717, 1.165) is 44.8 Å². The van der Waals surface area contributed by atoms with Crippen molar-refractivity contribution in [2.45, 2.75) is 0 Å². The number of nitrogens with two attached hydrogens (primary N) is 1. The lowest BCUT2D eigenvalue weighted by molar-refractivity contribution is 0.790. The van der Waals surface area contributed by atoms with E-state index >= 15 is 0 Å². The van der Waals surface area contributed by atoms with Gasteiger partial charge in [-0.2, -0.15) is 0 Å². The molecular weight excluding hydrogens is 512 g/mol. The maximum absolute atomic E-state index is 6.49. The predicted octanol–water partition coefficient (Wildman–Crippen LogP) is 8.36. The lowest BCUT2D eigenvalue weighted by Gasteiger charge is -2.19. The van der Waals surface area contributed by atoms with Gasteiger partial charge in [0.25, 0.3) is 0 Å². The number of hydrogen-bond donors (Lipinski definition) is 3. The number of hydrazine groups is 1. The maximum Gasteiger partial charge on any atom is 0.0696 e. The molecule has 0 atom stereocenters. The minimum absolute atomic E-state index is 0.969. The highest BCUT2D eigenvalue weighted by molar-refractivity contribution is 5.87. The third kappa shape index (κ3) is 5.09. The quantitative estimate of drug-likeness (QED) is 0.185. The van der Waals surface area contributed by atoms with Crippen molar-refractivity contribution in [3.63, 3.8) is 0 Å². The van der Waals surface area contributed by atoms with E-state index in [1.54, 1.807) is 4.68 Å². The standard InChI is InChI=1S/C38H30N4/c39-42-26-36(24-38(42)34-19-9-15-30(22-34)28-12-5-2-6-13-28)32-17-7-16-31(20-32)35-23-37(41-40-25-35)33-18-8-14-29(21-33)27-10-3-1-4-11-27/h1-26,40-41H,39H2. The summed E-state index contributed by atoms with van der Waals surface area (Å²) in [7, 11) is 0. The molecule has 202 valence electrons. The van der Waals surface area contributed by atoms with Gasteiger partial charge in [0, 0.05) is 34.7 Å². The summed E-state index contributed by atoms with van der Waals surface area (Å²) in [6, 6.07) is 48.7. The minimum atomic E-state index is 0.969. The molecular formula is C38H30N4. The maximum atomic E-state index is 6.49. The number of nitrogen functional groups attached to an aromatic ring is 1. The highest BCUT2D eigenvalue weighted by Crippen LogP contribution is 2.33. The Hall–Kier alpha value is -5.74. The SMILES string of the molecule is Nn1cc(-c2cccc(C3=CNNC(c4cccc(-c5ccccc5)c4)=C3)c2)cc1-c1cccc(-c2ccccc2)c1. The second-order valence-corrected chi connectivity index (χ2v) is 10.4. The molecule has 7 rings (SSSR count). The van der Waals surface area contributed by atoms with Gasteiger partial charge < -0.3 is 16.7 Å². The molecule has 4 N–H and O–H groups in total. The Labute approximate surface area is 246 Å². The lowest BCUT2D eigenvalue weighted by atomic mass is 9.97. The molecule has 0 saturated heterocycles. The zero-order valence-corrected chi connectivity index (χ0v) is 23.0. The first-order chi connectivity index (χ1) is 20.7. The fourth-order valence-corrected chi connectivity index (χ4v) is 5.48. The molecule has 0 unspecified atom stereocenters. The highest BCUT2D eigenvalue weighted by atomic mass is 15.4. The van der Waals surface area contributed by atoms with Crippen molar-refractivity contribution < 1.29 is 0 Å². The van der Waals surface area contributed by atoms with Crippen LogP contribution in [0.15, 0.2) is 158 Å². The van der Waals surface area contributed by atoms with Crippen LogP contribution in [0.2, 0.25) is 0 Å². The third-order valence-electron chi connectivity index (χ3n) is 7.66. The van der Waals surface area contributed by atoms with E-state index in [9.17, 15) is 0 Å². The Bertz CT molecular complexity index is 1930. The normalized spacial score (nSPS) is 12.6. The van der Waals surface area contributed by atoms with Crippen molar-refractivity contribution in [1.82, 2.24) is 15.5 Å². The van der Waals surface area contributed by atoms with Crippen molar-refractivity contribution in [1.29, 1.82) is 0 Å². The minimum Gasteiger partial charge on any atom is -0.339 e. The molecule has 0 fully saturated rings. The Balaban J connectivity index is 1.17. The first-order valence-corrected chi connectivity index (χ1v) is 14.0. The molecule has 0 aliphatic carbocycles. The van der Waals surface area contributed by atoms with Gasteiger partial charge in [0.1, 0.15) is 0 Å². The average molecular weight is 543 g/mol. The van der Waals surface area contributed by atoms with Crippen LogP contribution in [0, 0.1) is 0 Å². The van der Waals surface area contributed by atoms with Gasteiger partial charge in [0.15, 0.2) is 0 Å². The number of nitrogens with one attached hydrogen (secondary N) is 2. The highest BCUT2D eigenvalue weighted by Gasteiger charge is 2.13. The third-order valence-corrected chi connectivity index (χ3v) is 7.66. The van der Waals surface area contributed by atoms with Crippen LogP contribution in [-0.4, -0.2) is 4.68 Å². The molecule has 4 nitrogen and oxygen atoms in total. The Morgan fingerprint density at radius 2 is 0.952 bits per heavy atom. The van der Waals surface area contributed by atoms with Gasteiger partial charge in [0.2, 0.25) is 0 Å². The molecule has 0 bridgehead atoms. The van der Waals surface area contributed by atoms with Crippen molar-refractivity contribution in [2.24, 2.45) is 0 Å². The van der Waals surface area contributed by atoms with Crippen LogP contribution in [0.1, 0.15) is 11.1 Å². The zero-order valence-electron chi connectivity index (χ0n) is 23.0. The van der Waals surface area contributed by atoms with Gasteiger partial charge in [-0.05, 0) is 63.7 Å². The first-order valence-electron chi connectivity index (χ1n) is 14.0. The number of nitrogens with zero attached hydrogens (tertiary/aromatic N) is 1. The van der Waals surface area contributed by atoms with Crippen LogP contribution < -0.4 is 16.7 Å². The van der Waals surface area contributed by atoms with E-state index in [4.69, 9.17) is 5.84 Å². The summed E-state index contributed by atoms with van der Waals surface area (Å²) in [5, 5.41) is 0. The van der Waals surface area contributed by atoms with Crippen LogP contribution >= 0.6 is 0 Å². The van der Waals surface area contributed by atoms with E-state index in [1.807, 2.05) is 24.5 Å². The van der Waals surface area contributed by atoms with Crippen LogP contribution in [-0.2, 0) is 0 Å². The fourth-order valence-electron chi connectivity index (χ4n) is 5.48. The summed E-state index contributed by atoms with van der Waals surface area (Å²) >= 11 is 0. The average Bonchev–Trinajstić information content (AvgIpc) is 3.47. The van der Waals surface area contributed by atoms with Gasteiger partial charge in [-0.25, -0.2) is 0 Å². The van der Waals surface area contributed by atoms with Gasteiger partial charge >= 0.3 is 0 Å². The summed E-state index contributed by atoms with van der Waals surface area (Å²) in [6.45, 7) is 0. The Morgan fingerprint density at radius 1 is 0.452 bits per heavy atom. The number of hydrogen-bond acceptors (Lipinski definition) is 3.